The third-order valence-corrected chi connectivity index (χ3v) is 7.95. The molecule has 2 aliphatic heterocycles. The largest absolute Gasteiger partial charge is 0.507 e. The van der Waals surface area contributed by atoms with Gasteiger partial charge in [0.1, 0.15) is 23.9 Å². The Hall–Kier alpha value is -4.14. The molecule has 1 atom stereocenters. The van der Waals surface area contributed by atoms with E-state index in [4.69, 9.17) is 14.2 Å². The molecule has 8 nitrogen and oxygen atoms in total. The fourth-order valence-corrected chi connectivity index (χ4v) is 5.46. The summed E-state index contributed by atoms with van der Waals surface area (Å²) in [5, 5.41) is 11.6. The van der Waals surface area contributed by atoms with E-state index in [1.54, 1.807) is 17.0 Å². The van der Waals surface area contributed by atoms with Gasteiger partial charge in [0.25, 0.3) is 11.7 Å². The summed E-state index contributed by atoms with van der Waals surface area (Å²) in [6.45, 7) is 8.84. The average Bonchev–Trinajstić information content (AvgIpc) is 3.29. The quantitative estimate of drug-likeness (QED) is 0.130. The number of nitrogens with zero attached hydrogens (tertiary/aromatic N) is 2. The van der Waals surface area contributed by atoms with Crippen molar-refractivity contribution >= 4 is 17.4 Å². The summed E-state index contributed by atoms with van der Waals surface area (Å²) in [6.07, 6.45) is 1.98. The Labute approximate surface area is 253 Å². The van der Waals surface area contributed by atoms with Crippen molar-refractivity contribution in [2.24, 2.45) is 0 Å². The zero-order valence-corrected chi connectivity index (χ0v) is 25.0. The van der Waals surface area contributed by atoms with E-state index in [1.807, 2.05) is 67.6 Å². The van der Waals surface area contributed by atoms with Crippen LogP contribution in [0.3, 0.4) is 0 Å². The first kappa shape index (κ1) is 30.3. The van der Waals surface area contributed by atoms with Crippen molar-refractivity contribution < 1.29 is 28.9 Å². The van der Waals surface area contributed by atoms with Gasteiger partial charge in [-0.2, -0.15) is 0 Å². The number of benzene rings is 3. The fourth-order valence-electron chi connectivity index (χ4n) is 5.46. The summed E-state index contributed by atoms with van der Waals surface area (Å²) >= 11 is 0. The highest BCUT2D eigenvalue weighted by molar-refractivity contribution is 6.46. The third kappa shape index (κ3) is 7.27. The normalized spacial score (nSPS) is 18.7. The molecule has 1 amide bonds. The maximum atomic E-state index is 13.5. The van der Waals surface area contributed by atoms with E-state index >= 15 is 0 Å². The van der Waals surface area contributed by atoms with Gasteiger partial charge in [-0.1, -0.05) is 55.8 Å². The van der Waals surface area contributed by atoms with E-state index in [9.17, 15) is 14.7 Å². The first-order chi connectivity index (χ1) is 21.0. The lowest BCUT2D eigenvalue weighted by molar-refractivity contribution is -0.140. The van der Waals surface area contributed by atoms with Crippen molar-refractivity contribution in [3.63, 3.8) is 0 Å². The predicted octanol–water partition coefficient (Wildman–Crippen LogP) is 5.51. The molecule has 0 saturated carbocycles. The first-order valence-electron chi connectivity index (χ1n) is 15.0. The van der Waals surface area contributed by atoms with E-state index in [0.717, 1.165) is 48.4 Å². The molecular formula is C35H40N2O6. The molecule has 0 aliphatic carbocycles. The van der Waals surface area contributed by atoms with Crippen molar-refractivity contribution in [3.8, 4) is 11.5 Å². The van der Waals surface area contributed by atoms with Crippen LogP contribution in [0.1, 0.15) is 48.1 Å². The molecule has 2 heterocycles. The minimum absolute atomic E-state index is 0.0870. The number of aliphatic hydroxyl groups excluding tert-OH is 1. The zero-order valence-electron chi connectivity index (χ0n) is 25.0. The van der Waals surface area contributed by atoms with Crippen LogP contribution < -0.4 is 9.47 Å². The van der Waals surface area contributed by atoms with Crippen LogP contribution in [0.15, 0.2) is 78.4 Å². The Bertz CT molecular complexity index is 1430. The minimum atomic E-state index is -0.731. The second-order valence-corrected chi connectivity index (χ2v) is 11.0. The number of aliphatic hydroxyl groups is 1. The second kappa shape index (κ2) is 14.4. The standard InChI is InChI=1S/C35H40N2O6/c1-3-4-20-42-30-15-12-28(23-25(30)2)33(38)31-32(37(35(40)34(31)39)17-16-36-18-21-41-22-19-36)27-10-13-29(14-11-27)43-24-26-8-6-5-7-9-26/h5-15,23,32,38H,3-4,16-22,24H2,1-2H3. The number of unbranched alkanes of at least 4 members (excludes halogenated alkanes) is 1. The van der Waals surface area contributed by atoms with E-state index in [-0.39, 0.29) is 11.3 Å². The molecule has 43 heavy (non-hydrogen) atoms. The molecule has 0 spiro atoms. The van der Waals surface area contributed by atoms with Crippen molar-refractivity contribution in [2.75, 3.05) is 46.0 Å². The number of hydrogen-bond donors (Lipinski definition) is 1. The monoisotopic (exact) mass is 584 g/mol. The molecule has 2 fully saturated rings. The van der Waals surface area contributed by atoms with Gasteiger partial charge in [-0.15, -0.1) is 0 Å². The smallest absolute Gasteiger partial charge is 0.295 e. The van der Waals surface area contributed by atoms with Gasteiger partial charge in [0.15, 0.2) is 0 Å². The summed E-state index contributed by atoms with van der Waals surface area (Å²) in [7, 11) is 0. The number of aryl methyl sites for hydroxylation is 1. The van der Waals surface area contributed by atoms with Gasteiger partial charge in [-0.25, -0.2) is 0 Å². The average molecular weight is 585 g/mol. The van der Waals surface area contributed by atoms with Crippen LogP contribution in [-0.2, 0) is 20.9 Å². The zero-order chi connectivity index (χ0) is 30.2. The van der Waals surface area contributed by atoms with Gasteiger partial charge in [-0.3, -0.25) is 14.5 Å². The lowest BCUT2D eigenvalue weighted by Gasteiger charge is -2.31. The maximum absolute atomic E-state index is 13.5. The van der Waals surface area contributed by atoms with Crippen LogP contribution in [0.25, 0.3) is 5.76 Å². The van der Waals surface area contributed by atoms with Gasteiger partial charge in [-0.05, 0) is 60.4 Å². The molecular weight excluding hydrogens is 544 g/mol. The molecule has 3 aromatic carbocycles. The van der Waals surface area contributed by atoms with Gasteiger partial charge >= 0.3 is 0 Å². The van der Waals surface area contributed by atoms with E-state index in [1.165, 1.54) is 0 Å². The van der Waals surface area contributed by atoms with Gasteiger partial charge in [0, 0.05) is 31.7 Å². The summed E-state index contributed by atoms with van der Waals surface area (Å²) in [4.78, 5) is 30.8. The predicted molar refractivity (Wildman–Crippen MR) is 165 cm³/mol. The van der Waals surface area contributed by atoms with Crippen molar-refractivity contribution in [1.82, 2.24) is 9.80 Å². The number of carbonyl (C=O) groups is 2. The lowest BCUT2D eigenvalue weighted by atomic mass is 9.94. The second-order valence-electron chi connectivity index (χ2n) is 11.0. The third-order valence-electron chi connectivity index (χ3n) is 7.95. The Balaban J connectivity index is 1.44. The molecule has 1 unspecified atom stereocenters. The molecule has 8 heteroatoms. The molecule has 2 saturated heterocycles. The van der Waals surface area contributed by atoms with Crippen LogP contribution >= 0.6 is 0 Å². The number of morpholine rings is 1. The Morgan fingerprint density at radius 2 is 1.70 bits per heavy atom. The molecule has 0 aromatic heterocycles. The number of hydrogen-bond acceptors (Lipinski definition) is 7. The van der Waals surface area contributed by atoms with Crippen molar-refractivity contribution in [2.45, 2.75) is 39.3 Å². The Morgan fingerprint density at radius 3 is 2.40 bits per heavy atom. The summed E-state index contributed by atoms with van der Waals surface area (Å²) in [6, 6.07) is 21.9. The Morgan fingerprint density at radius 1 is 0.953 bits per heavy atom. The highest BCUT2D eigenvalue weighted by atomic mass is 16.5. The number of ketones is 1. The number of Topliss-reactive ketones (excluding diaryl/α,β-unsaturated/α-hetero) is 1. The Kier molecular flexibility index (Phi) is 10.1. The van der Waals surface area contributed by atoms with Gasteiger partial charge < -0.3 is 24.2 Å². The summed E-state index contributed by atoms with van der Waals surface area (Å²) in [5.41, 5.74) is 3.19. The molecule has 5 rings (SSSR count). The minimum Gasteiger partial charge on any atom is -0.507 e. The number of ether oxygens (including phenoxy) is 3. The molecule has 2 aliphatic rings. The van der Waals surface area contributed by atoms with Crippen LogP contribution in [0.5, 0.6) is 11.5 Å². The molecule has 3 aromatic rings. The number of amides is 1. The van der Waals surface area contributed by atoms with Gasteiger partial charge in [0.05, 0.1) is 31.4 Å². The summed E-state index contributed by atoms with van der Waals surface area (Å²) < 4.78 is 17.3. The van der Waals surface area contributed by atoms with E-state index in [2.05, 4.69) is 11.8 Å². The van der Waals surface area contributed by atoms with Crippen LogP contribution in [0.2, 0.25) is 0 Å². The van der Waals surface area contributed by atoms with Crippen molar-refractivity contribution in [1.29, 1.82) is 0 Å². The SMILES string of the molecule is CCCCOc1ccc(C(O)=C2C(=O)C(=O)N(CCN3CCOCC3)C2c2ccc(OCc3ccccc3)cc2)cc1C. The van der Waals surface area contributed by atoms with Crippen LogP contribution in [0.4, 0.5) is 0 Å². The first-order valence-corrected chi connectivity index (χ1v) is 15.0. The number of carbonyl (C=O) groups excluding carboxylic acids is 2. The number of rotatable bonds is 12. The summed E-state index contributed by atoms with van der Waals surface area (Å²) in [5.74, 6) is -0.0779. The highest BCUT2D eigenvalue weighted by Gasteiger charge is 2.46. The van der Waals surface area contributed by atoms with Crippen LogP contribution in [-0.4, -0.2) is 72.6 Å². The van der Waals surface area contributed by atoms with Gasteiger partial charge in [0.2, 0.25) is 0 Å². The van der Waals surface area contributed by atoms with Crippen molar-refractivity contribution in [3.05, 3.63) is 101 Å². The fraction of sp³-hybridized carbons (Fsp3) is 0.371. The van der Waals surface area contributed by atoms with E-state index in [0.29, 0.717) is 50.8 Å². The maximum Gasteiger partial charge on any atom is 0.295 e. The molecule has 0 radical (unpaired) electrons. The molecule has 0 bridgehead atoms. The highest BCUT2D eigenvalue weighted by Crippen LogP contribution is 2.40. The lowest BCUT2D eigenvalue weighted by Crippen LogP contribution is -2.42. The van der Waals surface area contributed by atoms with E-state index < -0.39 is 17.7 Å². The topological polar surface area (TPSA) is 88.5 Å². The number of likely N-dealkylation sites (tertiary alicyclic amines) is 1. The molecule has 226 valence electrons. The van der Waals surface area contributed by atoms with Crippen LogP contribution in [0, 0.1) is 6.92 Å². The molecule has 1 N–H and O–H groups in total.